The molecule has 2 atom stereocenters. The Hall–Kier alpha value is -4.39. The fraction of sp³-hybridized carbons (Fsp3) is 0.500. The van der Waals surface area contributed by atoms with Crippen LogP contribution in [0.2, 0.25) is 0 Å². The van der Waals surface area contributed by atoms with Gasteiger partial charge in [-0.2, -0.15) is 26.3 Å². The number of hydrogen-bond acceptors (Lipinski definition) is 7. The van der Waals surface area contributed by atoms with Crippen LogP contribution in [0.5, 0.6) is 0 Å². The van der Waals surface area contributed by atoms with Crippen molar-refractivity contribution < 1.29 is 68.7 Å². The second-order valence-corrected chi connectivity index (χ2v) is 9.84. The number of nitrogens with zero attached hydrogens (tertiary/aromatic N) is 3. The fourth-order valence-electron chi connectivity index (χ4n) is 4.51. The Morgan fingerprint density at radius 1 is 1.09 bits per heavy atom. The van der Waals surface area contributed by atoms with Gasteiger partial charge in [0.1, 0.15) is 17.0 Å². The molecule has 0 saturated heterocycles. The SMILES string of the molecule is Cc1nonc1C(=O)N[C@H](c1nc2c(F)c(C(CC(F)(F)F)C(=O)O)ccc2[nH]1)C1CCC(F)(F)CC1.O=C(O)C(F)(F)F. The second-order valence-electron chi connectivity index (χ2n) is 9.84. The van der Waals surface area contributed by atoms with Crippen molar-refractivity contribution >= 4 is 28.9 Å². The molecule has 11 nitrogen and oxygen atoms in total. The summed E-state index contributed by atoms with van der Waals surface area (Å²) in [5, 5.41) is 26.1. The zero-order valence-corrected chi connectivity index (χ0v) is 22.2. The molecule has 0 spiro atoms. The zero-order chi connectivity index (χ0) is 33.2. The van der Waals surface area contributed by atoms with Gasteiger partial charge in [0.15, 0.2) is 11.5 Å². The van der Waals surface area contributed by atoms with Crippen LogP contribution >= 0.6 is 0 Å². The Morgan fingerprint density at radius 2 is 1.68 bits per heavy atom. The van der Waals surface area contributed by atoms with Gasteiger partial charge in [-0.1, -0.05) is 11.2 Å². The summed E-state index contributed by atoms with van der Waals surface area (Å²) in [4.78, 5) is 40.1. The molecule has 20 heteroatoms. The number of carbonyl (C=O) groups is 3. The number of fused-ring (bicyclic) bond motifs is 1. The number of halogens is 9. The standard InChI is InChI=1S/C22H21F6N5O4.C2HF3O2/c1-9-15(33-37-32-9)19(34)31-16(10-4-6-21(24,25)7-5-10)18-29-13-3-2-11(14(23)17(13)30-18)12(20(35)36)8-22(26,27)28;3-2(4,5)1(6)7/h2-3,10,12,16H,4-8H2,1H3,(H,29,30)(H,31,34)(H,35,36);(H,6,7)/t12?,16-;/m0./s1. The number of aryl methyl sites for hydroxylation is 1. The number of alkyl halides is 8. The van der Waals surface area contributed by atoms with E-state index in [-0.39, 0.29) is 35.6 Å². The minimum absolute atomic E-state index is 0.00849. The van der Waals surface area contributed by atoms with Crippen molar-refractivity contribution in [2.24, 2.45) is 5.92 Å². The highest BCUT2D eigenvalue weighted by molar-refractivity contribution is 5.93. The van der Waals surface area contributed by atoms with Gasteiger partial charge in [-0.05, 0) is 36.9 Å². The van der Waals surface area contributed by atoms with Crippen molar-refractivity contribution in [3.05, 3.63) is 40.7 Å². The Morgan fingerprint density at radius 3 is 2.16 bits per heavy atom. The first-order valence-corrected chi connectivity index (χ1v) is 12.5. The van der Waals surface area contributed by atoms with Crippen LogP contribution in [0, 0.1) is 18.7 Å². The number of aromatic nitrogens is 4. The number of carboxylic acids is 2. The molecule has 2 heterocycles. The third-order valence-electron chi connectivity index (χ3n) is 6.67. The van der Waals surface area contributed by atoms with E-state index >= 15 is 4.39 Å². The van der Waals surface area contributed by atoms with E-state index in [1.807, 2.05) is 0 Å². The van der Waals surface area contributed by atoms with Gasteiger partial charge >= 0.3 is 24.3 Å². The molecule has 3 aromatic rings. The summed E-state index contributed by atoms with van der Waals surface area (Å²) in [6.07, 6.45) is -12.7. The van der Waals surface area contributed by atoms with Crippen LogP contribution in [0.15, 0.2) is 16.8 Å². The Balaban J connectivity index is 0.000000676. The normalized spacial score (nSPS) is 17.0. The summed E-state index contributed by atoms with van der Waals surface area (Å²) < 4.78 is 118. The third kappa shape index (κ3) is 8.37. The van der Waals surface area contributed by atoms with Crippen LogP contribution in [0.1, 0.15) is 71.6 Å². The van der Waals surface area contributed by atoms with Gasteiger partial charge in [0.2, 0.25) is 5.92 Å². The summed E-state index contributed by atoms with van der Waals surface area (Å²) in [6.45, 7) is 1.46. The molecule has 1 unspecified atom stereocenters. The minimum atomic E-state index is -5.08. The van der Waals surface area contributed by atoms with Crippen molar-refractivity contribution in [2.75, 3.05) is 0 Å². The monoisotopic (exact) mass is 647 g/mol. The van der Waals surface area contributed by atoms with Crippen molar-refractivity contribution in [1.29, 1.82) is 0 Å². The minimum Gasteiger partial charge on any atom is -0.481 e. The first kappa shape index (κ1) is 34.1. The van der Waals surface area contributed by atoms with Crippen LogP contribution in [0.4, 0.5) is 39.5 Å². The molecule has 242 valence electrons. The lowest BCUT2D eigenvalue weighted by Gasteiger charge is -2.33. The Bertz CT molecular complexity index is 1510. The number of nitrogens with one attached hydrogen (secondary N) is 2. The molecule has 2 aromatic heterocycles. The van der Waals surface area contributed by atoms with Crippen molar-refractivity contribution in [1.82, 2.24) is 25.6 Å². The number of amides is 1. The van der Waals surface area contributed by atoms with E-state index in [0.29, 0.717) is 0 Å². The van der Waals surface area contributed by atoms with Gasteiger partial charge in [-0.15, -0.1) is 0 Å². The van der Waals surface area contributed by atoms with Gasteiger partial charge in [-0.3, -0.25) is 9.59 Å². The zero-order valence-electron chi connectivity index (χ0n) is 22.2. The van der Waals surface area contributed by atoms with E-state index in [0.717, 1.165) is 6.07 Å². The lowest BCUT2D eigenvalue weighted by molar-refractivity contribution is -0.192. The molecule has 1 saturated carbocycles. The molecule has 0 aliphatic heterocycles. The number of hydrogen-bond donors (Lipinski definition) is 4. The van der Waals surface area contributed by atoms with E-state index < -0.39 is 90.2 Å². The lowest BCUT2D eigenvalue weighted by atomic mass is 9.81. The maximum atomic E-state index is 15.3. The van der Waals surface area contributed by atoms with Crippen LogP contribution < -0.4 is 5.32 Å². The summed E-state index contributed by atoms with van der Waals surface area (Å²) >= 11 is 0. The maximum absolute atomic E-state index is 15.3. The van der Waals surface area contributed by atoms with Crippen molar-refractivity contribution in [3.63, 3.8) is 0 Å². The molecule has 44 heavy (non-hydrogen) atoms. The van der Waals surface area contributed by atoms with Gasteiger partial charge in [0.05, 0.1) is 23.9 Å². The molecule has 0 bridgehead atoms. The molecule has 1 aromatic carbocycles. The quantitative estimate of drug-likeness (QED) is 0.244. The molecule has 1 fully saturated rings. The second kappa shape index (κ2) is 12.7. The van der Waals surface area contributed by atoms with Gasteiger partial charge in [0, 0.05) is 18.4 Å². The number of aromatic amines is 1. The molecule has 1 amide bonds. The average molecular weight is 647 g/mol. The van der Waals surface area contributed by atoms with Crippen LogP contribution in [0.25, 0.3) is 11.0 Å². The number of carbonyl (C=O) groups excluding carboxylic acids is 1. The molecule has 0 radical (unpaired) electrons. The van der Waals surface area contributed by atoms with E-state index in [2.05, 4.69) is 30.2 Å². The highest BCUT2D eigenvalue weighted by Gasteiger charge is 2.41. The summed E-state index contributed by atoms with van der Waals surface area (Å²) in [7, 11) is 0. The largest absolute Gasteiger partial charge is 0.490 e. The molecule has 1 aliphatic carbocycles. The number of carboxylic acid groups (broad SMARTS) is 2. The van der Waals surface area contributed by atoms with Crippen LogP contribution in [-0.2, 0) is 9.59 Å². The van der Waals surface area contributed by atoms with Crippen molar-refractivity contribution in [2.45, 2.75) is 69.3 Å². The number of aliphatic carboxylic acids is 2. The van der Waals surface area contributed by atoms with E-state index in [9.17, 15) is 49.8 Å². The number of H-pyrrole nitrogens is 1. The molecule has 4 N–H and O–H groups in total. The number of benzene rings is 1. The highest BCUT2D eigenvalue weighted by Crippen LogP contribution is 2.42. The number of rotatable bonds is 7. The van der Waals surface area contributed by atoms with Gasteiger partial charge in [0.25, 0.3) is 5.91 Å². The van der Waals surface area contributed by atoms with Gasteiger partial charge in [-0.25, -0.2) is 27.6 Å². The fourth-order valence-corrected chi connectivity index (χ4v) is 4.51. The predicted octanol–water partition coefficient (Wildman–Crippen LogP) is 5.44. The third-order valence-corrected chi connectivity index (χ3v) is 6.67. The molecule has 1 aliphatic rings. The summed E-state index contributed by atoms with van der Waals surface area (Å²) in [6, 6.07) is 1.07. The Kier molecular flexibility index (Phi) is 9.83. The van der Waals surface area contributed by atoms with Crippen LogP contribution in [-0.4, -0.2) is 66.6 Å². The summed E-state index contributed by atoms with van der Waals surface area (Å²) in [5.74, 6) is -12.3. The van der Waals surface area contributed by atoms with Crippen LogP contribution in [0.3, 0.4) is 0 Å². The van der Waals surface area contributed by atoms with Crippen molar-refractivity contribution in [3.8, 4) is 0 Å². The molecule has 4 rings (SSSR count). The first-order chi connectivity index (χ1) is 20.2. The van der Waals surface area contributed by atoms with E-state index in [4.69, 9.17) is 9.90 Å². The predicted molar refractivity (Wildman–Crippen MR) is 127 cm³/mol. The topological polar surface area (TPSA) is 171 Å². The number of imidazole rings is 1. The first-order valence-electron chi connectivity index (χ1n) is 12.5. The lowest BCUT2D eigenvalue weighted by Crippen LogP contribution is -2.38. The molecular weight excluding hydrogens is 625 g/mol. The Labute approximate surface area is 239 Å². The van der Waals surface area contributed by atoms with Gasteiger partial charge < -0.3 is 20.5 Å². The maximum Gasteiger partial charge on any atom is 0.490 e. The molecular formula is C24H22F9N5O6. The van der Waals surface area contributed by atoms with E-state index in [1.54, 1.807) is 0 Å². The average Bonchev–Trinajstić information content (AvgIpc) is 3.52. The smallest absolute Gasteiger partial charge is 0.481 e. The highest BCUT2D eigenvalue weighted by atomic mass is 19.4. The van der Waals surface area contributed by atoms with E-state index in [1.165, 1.54) is 13.0 Å². The summed E-state index contributed by atoms with van der Waals surface area (Å²) in [5.41, 5.74) is -1.13.